The monoisotopic (exact) mass is 359 g/mol. The van der Waals surface area contributed by atoms with Crippen LogP contribution in [0, 0.1) is 0 Å². The summed E-state index contributed by atoms with van der Waals surface area (Å²) in [5, 5.41) is 14.6. The summed E-state index contributed by atoms with van der Waals surface area (Å²) in [6.45, 7) is 7.37. The first kappa shape index (κ1) is 18.5. The molecule has 6 nitrogen and oxygen atoms in total. The highest BCUT2D eigenvalue weighted by molar-refractivity contribution is 5.93. The van der Waals surface area contributed by atoms with Crippen molar-refractivity contribution in [3.8, 4) is 5.75 Å². The maximum absolute atomic E-state index is 12.1. The zero-order chi connectivity index (χ0) is 19.1. The summed E-state index contributed by atoms with van der Waals surface area (Å²) in [4.78, 5) is 23.7. The molecule has 1 aromatic carbocycles. The Balaban J connectivity index is 2.05. The molecule has 2 unspecified atom stereocenters. The van der Waals surface area contributed by atoms with E-state index in [9.17, 15) is 14.7 Å². The number of allylic oxidation sites excluding steroid dienone is 2. The second-order valence-electron chi connectivity index (χ2n) is 7.45. The summed E-state index contributed by atoms with van der Waals surface area (Å²) in [6, 6.07) is 4.53. The number of aliphatic hydroxyl groups is 1. The van der Waals surface area contributed by atoms with Crippen LogP contribution in [-0.2, 0) is 9.53 Å². The van der Waals surface area contributed by atoms with E-state index in [0.29, 0.717) is 29.7 Å². The zero-order valence-electron chi connectivity index (χ0n) is 15.6. The summed E-state index contributed by atoms with van der Waals surface area (Å²) >= 11 is 0. The Morgan fingerprint density at radius 2 is 2.08 bits per heavy atom. The third-order valence-corrected chi connectivity index (χ3v) is 5.28. The van der Waals surface area contributed by atoms with Crippen LogP contribution < -0.4 is 10.1 Å². The van der Waals surface area contributed by atoms with Crippen LogP contribution in [0.5, 0.6) is 5.75 Å². The van der Waals surface area contributed by atoms with Crippen molar-refractivity contribution in [2.24, 2.45) is 0 Å². The minimum absolute atomic E-state index is 0.0685. The fourth-order valence-corrected chi connectivity index (χ4v) is 3.35. The fraction of sp³-hybridized carbons (Fsp3) is 0.500. The third-order valence-electron chi connectivity index (χ3n) is 5.28. The van der Waals surface area contributed by atoms with Crippen molar-refractivity contribution in [1.82, 2.24) is 5.32 Å². The van der Waals surface area contributed by atoms with Crippen molar-refractivity contribution in [3.63, 3.8) is 0 Å². The Morgan fingerprint density at radius 1 is 1.35 bits per heavy atom. The lowest BCUT2D eigenvalue weighted by atomic mass is 9.75. The lowest BCUT2D eigenvalue weighted by Gasteiger charge is -2.50. The van der Waals surface area contributed by atoms with Crippen molar-refractivity contribution in [2.45, 2.75) is 57.8 Å². The highest BCUT2D eigenvalue weighted by Gasteiger charge is 2.53. The van der Waals surface area contributed by atoms with Crippen molar-refractivity contribution >= 4 is 11.8 Å². The van der Waals surface area contributed by atoms with E-state index in [0.717, 1.165) is 5.70 Å². The Bertz CT molecular complexity index is 778. The normalized spacial score (nSPS) is 26.6. The van der Waals surface area contributed by atoms with E-state index in [2.05, 4.69) is 5.32 Å². The largest absolute Gasteiger partial charge is 0.484 e. The van der Waals surface area contributed by atoms with Gasteiger partial charge < -0.3 is 19.9 Å². The smallest absolute Gasteiger partial charge is 0.338 e. The standard InChI is InChI=1S/C20H25NO5/c1-5-25-18(23)12-6-9-16-15(10-12)17(20(4,24)19(2,3)26-16)21-13-7-8-14(22)11-13/h6,9-11,17,21,24H,5,7-8H2,1-4H3. The minimum Gasteiger partial charge on any atom is -0.484 e. The number of esters is 1. The molecule has 0 saturated heterocycles. The van der Waals surface area contributed by atoms with Crippen LogP contribution in [0.4, 0.5) is 0 Å². The Morgan fingerprint density at radius 3 is 2.69 bits per heavy atom. The Hall–Kier alpha value is -2.34. The van der Waals surface area contributed by atoms with Crippen molar-refractivity contribution < 1.29 is 24.2 Å². The van der Waals surface area contributed by atoms with Gasteiger partial charge in [-0.25, -0.2) is 4.79 Å². The quantitative estimate of drug-likeness (QED) is 0.804. The van der Waals surface area contributed by atoms with Crippen molar-refractivity contribution in [3.05, 3.63) is 41.1 Å². The lowest BCUT2D eigenvalue weighted by molar-refractivity contribution is -0.137. The van der Waals surface area contributed by atoms with Crippen LogP contribution in [0.25, 0.3) is 0 Å². The number of nitrogens with one attached hydrogen (secondary N) is 1. The van der Waals surface area contributed by atoms with Gasteiger partial charge in [-0.15, -0.1) is 0 Å². The van der Waals surface area contributed by atoms with E-state index < -0.39 is 23.2 Å². The summed E-state index contributed by atoms with van der Waals surface area (Å²) in [7, 11) is 0. The second kappa shape index (κ2) is 6.43. The third kappa shape index (κ3) is 3.09. The predicted molar refractivity (Wildman–Crippen MR) is 95.9 cm³/mol. The molecule has 0 aromatic heterocycles. The maximum Gasteiger partial charge on any atom is 0.338 e. The van der Waals surface area contributed by atoms with Gasteiger partial charge in [0, 0.05) is 23.8 Å². The number of carbonyl (C=O) groups excluding carboxylic acids is 2. The number of fused-ring (bicyclic) bond motifs is 1. The molecule has 3 rings (SSSR count). The van der Waals surface area contributed by atoms with Gasteiger partial charge in [0.05, 0.1) is 18.2 Å². The summed E-state index contributed by atoms with van der Waals surface area (Å²) in [5.41, 5.74) is -0.301. The van der Waals surface area contributed by atoms with Gasteiger partial charge in [0.15, 0.2) is 5.78 Å². The molecule has 140 valence electrons. The van der Waals surface area contributed by atoms with Crippen LogP contribution in [-0.4, -0.2) is 34.7 Å². The summed E-state index contributed by atoms with van der Waals surface area (Å²) in [6.07, 6.45) is 2.65. The summed E-state index contributed by atoms with van der Waals surface area (Å²) in [5.74, 6) is 0.241. The van der Waals surface area contributed by atoms with Gasteiger partial charge in [-0.3, -0.25) is 4.79 Å². The number of carbonyl (C=O) groups is 2. The molecule has 0 bridgehead atoms. The highest BCUT2D eigenvalue weighted by atomic mass is 16.5. The molecule has 2 aliphatic rings. The molecule has 2 atom stereocenters. The van der Waals surface area contributed by atoms with Crippen LogP contribution in [0.3, 0.4) is 0 Å². The average Bonchev–Trinajstić information content (AvgIpc) is 2.97. The number of hydrogen-bond donors (Lipinski definition) is 2. The SMILES string of the molecule is CCOC(=O)c1ccc2c(c1)C(NC1=CC(=O)CC1)C(C)(O)C(C)(C)O2. The molecule has 26 heavy (non-hydrogen) atoms. The molecule has 1 heterocycles. The first-order valence-corrected chi connectivity index (χ1v) is 8.88. The van der Waals surface area contributed by atoms with Crippen LogP contribution in [0.1, 0.15) is 62.5 Å². The van der Waals surface area contributed by atoms with Gasteiger partial charge in [-0.2, -0.15) is 0 Å². The molecule has 1 aliphatic heterocycles. The van der Waals surface area contributed by atoms with Gasteiger partial charge in [-0.1, -0.05) is 0 Å². The lowest BCUT2D eigenvalue weighted by Crippen LogP contribution is -2.61. The Labute approximate surface area is 153 Å². The Kier molecular flexibility index (Phi) is 4.56. The van der Waals surface area contributed by atoms with E-state index in [1.165, 1.54) is 0 Å². The number of benzene rings is 1. The molecular formula is C20H25NO5. The van der Waals surface area contributed by atoms with Gasteiger partial charge in [-0.05, 0) is 52.3 Å². The minimum atomic E-state index is -1.28. The van der Waals surface area contributed by atoms with E-state index in [4.69, 9.17) is 9.47 Å². The van der Waals surface area contributed by atoms with Gasteiger partial charge in [0.2, 0.25) is 0 Å². The maximum atomic E-state index is 12.1. The van der Waals surface area contributed by atoms with E-state index in [-0.39, 0.29) is 12.4 Å². The number of ketones is 1. The molecule has 1 aromatic rings. The molecule has 0 fully saturated rings. The first-order valence-electron chi connectivity index (χ1n) is 8.88. The van der Waals surface area contributed by atoms with Gasteiger partial charge in [0.25, 0.3) is 0 Å². The molecular weight excluding hydrogens is 334 g/mol. The van der Waals surface area contributed by atoms with Crippen molar-refractivity contribution in [1.29, 1.82) is 0 Å². The van der Waals surface area contributed by atoms with Crippen LogP contribution in [0.15, 0.2) is 30.0 Å². The number of rotatable bonds is 4. The highest BCUT2D eigenvalue weighted by Crippen LogP contribution is 2.47. The van der Waals surface area contributed by atoms with Gasteiger partial charge in [0.1, 0.15) is 17.0 Å². The molecule has 2 N–H and O–H groups in total. The summed E-state index contributed by atoms with van der Waals surface area (Å²) < 4.78 is 11.1. The van der Waals surface area contributed by atoms with Gasteiger partial charge >= 0.3 is 5.97 Å². The predicted octanol–water partition coefficient (Wildman–Crippen LogP) is 2.66. The second-order valence-corrected chi connectivity index (χ2v) is 7.45. The zero-order valence-corrected chi connectivity index (χ0v) is 15.6. The van der Waals surface area contributed by atoms with E-state index >= 15 is 0 Å². The molecule has 0 saturated carbocycles. The average molecular weight is 359 g/mol. The van der Waals surface area contributed by atoms with Crippen LogP contribution in [0.2, 0.25) is 0 Å². The van der Waals surface area contributed by atoms with E-state index in [1.807, 2.05) is 13.8 Å². The molecule has 0 spiro atoms. The van der Waals surface area contributed by atoms with Crippen molar-refractivity contribution in [2.75, 3.05) is 6.61 Å². The van der Waals surface area contributed by atoms with E-state index in [1.54, 1.807) is 38.1 Å². The molecule has 0 amide bonds. The molecule has 0 radical (unpaired) electrons. The van der Waals surface area contributed by atoms with Crippen LogP contribution >= 0.6 is 0 Å². The topological polar surface area (TPSA) is 84.9 Å². The first-order chi connectivity index (χ1) is 12.2. The number of hydrogen-bond acceptors (Lipinski definition) is 6. The fourth-order valence-electron chi connectivity index (χ4n) is 3.35. The molecule has 6 heteroatoms. The number of ether oxygens (including phenoxy) is 2. The molecule has 1 aliphatic carbocycles.